The summed E-state index contributed by atoms with van der Waals surface area (Å²) in [5.41, 5.74) is 11.8. The second kappa shape index (κ2) is 2.48. The van der Waals surface area contributed by atoms with Crippen LogP contribution in [0, 0.1) is 6.20 Å². The molecule has 0 bridgehead atoms. The van der Waals surface area contributed by atoms with Gasteiger partial charge in [0.15, 0.2) is 0 Å². The lowest BCUT2D eigenvalue weighted by Crippen LogP contribution is -2.20. The minimum absolute atomic E-state index is 0.559. The summed E-state index contributed by atoms with van der Waals surface area (Å²) in [6.07, 6.45) is 2.65. The van der Waals surface area contributed by atoms with Crippen LogP contribution in [-0.2, 0) is 0 Å². The zero-order valence-corrected chi connectivity index (χ0v) is 6.69. The summed E-state index contributed by atoms with van der Waals surface area (Å²) in [5, 5.41) is 4.41. The third-order valence-electron chi connectivity index (χ3n) is 1.73. The molecule has 0 aliphatic rings. The van der Waals surface area contributed by atoms with E-state index in [1.165, 1.54) is 0 Å². The summed E-state index contributed by atoms with van der Waals surface area (Å²) in [6, 6.07) is 4.43. The first kappa shape index (κ1) is 7.60. The van der Waals surface area contributed by atoms with Crippen LogP contribution in [0.1, 0.15) is 0 Å². The molecule has 1 amide bonds. The molecule has 13 heavy (non-hydrogen) atoms. The van der Waals surface area contributed by atoms with E-state index >= 15 is 0 Å². The van der Waals surface area contributed by atoms with Crippen LogP contribution < -0.4 is 11.5 Å². The van der Waals surface area contributed by atoms with Crippen molar-refractivity contribution in [3.63, 3.8) is 0 Å². The largest absolute Gasteiger partial charge is 0.399 e. The van der Waals surface area contributed by atoms with Gasteiger partial charge in [-0.15, -0.1) is 0 Å². The first-order chi connectivity index (χ1) is 6.18. The van der Waals surface area contributed by atoms with E-state index < -0.39 is 6.03 Å². The van der Waals surface area contributed by atoms with Crippen molar-refractivity contribution >= 4 is 22.6 Å². The molecule has 0 spiro atoms. The monoisotopic (exact) mass is 175 g/mol. The molecule has 0 saturated carbocycles. The first-order valence-corrected chi connectivity index (χ1v) is 3.64. The number of nitrogens with two attached hydrogens (primary N) is 2. The maximum Gasteiger partial charge on any atom is 0.340 e. The molecule has 0 aliphatic heterocycles. The summed E-state index contributed by atoms with van der Waals surface area (Å²) in [5.74, 6) is 0. The van der Waals surface area contributed by atoms with Gasteiger partial charge in [-0.2, -0.15) is 9.78 Å². The number of hydrogen-bond acceptors (Lipinski definition) is 3. The second-order valence-electron chi connectivity index (χ2n) is 2.64. The van der Waals surface area contributed by atoms with Crippen molar-refractivity contribution in [2.75, 3.05) is 5.73 Å². The zero-order chi connectivity index (χ0) is 9.42. The zero-order valence-electron chi connectivity index (χ0n) is 6.69. The Morgan fingerprint density at radius 1 is 1.54 bits per heavy atom. The number of aromatic nitrogens is 2. The molecule has 0 aliphatic carbocycles. The van der Waals surface area contributed by atoms with Gasteiger partial charge in [-0.05, 0) is 18.2 Å². The predicted octanol–water partition coefficient (Wildman–Crippen LogP) is 0.345. The molecule has 0 unspecified atom stereocenters. The van der Waals surface area contributed by atoms with Crippen molar-refractivity contribution in [2.24, 2.45) is 5.73 Å². The van der Waals surface area contributed by atoms with E-state index in [-0.39, 0.29) is 0 Å². The number of nitrogen functional groups attached to an aromatic ring is 1. The molecule has 0 fully saturated rings. The first-order valence-electron chi connectivity index (χ1n) is 3.64. The van der Waals surface area contributed by atoms with Crippen molar-refractivity contribution in [2.45, 2.75) is 0 Å². The molecule has 0 saturated heterocycles. The van der Waals surface area contributed by atoms with E-state index in [9.17, 15) is 4.79 Å². The van der Waals surface area contributed by atoms with Gasteiger partial charge in [-0.25, -0.2) is 4.79 Å². The Hall–Kier alpha value is -2.04. The summed E-state index contributed by atoms with van der Waals surface area (Å²) >= 11 is 0. The molecule has 5 nitrogen and oxygen atoms in total. The van der Waals surface area contributed by atoms with Gasteiger partial charge in [0.2, 0.25) is 0 Å². The standard InChI is InChI=1S/C8H7N4O/c9-6-2-1-5-4-11-12(8(10)13)7(5)3-6/h1-3H,9H2,(H2,10,13). The topological polar surface area (TPSA) is 86.9 Å². The Balaban J connectivity index is 2.79. The number of carbonyl (C=O) groups is 1. The van der Waals surface area contributed by atoms with Gasteiger partial charge < -0.3 is 11.5 Å². The number of rotatable bonds is 0. The Kier molecular flexibility index (Phi) is 1.45. The van der Waals surface area contributed by atoms with E-state index in [4.69, 9.17) is 11.5 Å². The highest BCUT2D eigenvalue weighted by atomic mass is 16.2. The number of benzene rings is 1. The maximum atomic E-state index is 10.8. The maximum absolute atomic E-state index is 10.8. The number of hydrogen-bond donors (Lipinski definition) is 2. The minimum Gasteiger partial charge on any atom is -0.399 e. The molecule has 1 heterocycles. The van der Waals surface area contributed by atoms with Crippen LogP contribution in [0.15, 0.2) is 18.2 Å². The molecular formula is C8H7N4O. The Morgan fingerprint density at radius 3 is 3.00 bits per heavy atom. The summed E-state index contributed by atoms with van der Waals surface area (Å²) in [4.78, 5) is 10.8. The van der Waals surface area contributed by atoms with Crippen LogP contribution in [0.2, 0.25) is 0 Å². The number of carbonyl (C=O) groups excluding carboxylic acids is 1. The minimum atomic E-state index is -0.642. The highest BCUT2D eigenvalue weighted by Gasteiger charge is 2.06. The van der Waals surface area contributed by atoms with Crippen molar-refractivity contribution in [1.29, 1.82) is 0 Å². The molecule has 5 heteroatoms. The van der Waals surface area contributed by atoms with Gasteiger partial charge in [0.1, 0.15) is 6.20 Å². The smallest absolute Gasteiger partial charge is 0.340 e. The van der Waals surface area contributed by atoms with Gasteiger partial charge in [0.05, 0.1) is 5.52 Å². The lowest BCUT2D eigenvalue weighted by molar-refractivity contribution is 0.248. The Bertz CT molecular complexity index is 474. The van der Waals surface area contributed by atoms with Crippen molar-refractivity contribution in [3.05, 3.63) is 24.4 Å². The Morgan fingerprint density at radius 2 is 2.31 bits per heavy atom. The molecule has 1 aromatic heterocycles. The lowest BCUT2D eigenvalue weighted by Gasteiger charge is -1.96. The number of amides is 1. The normalized spacial score (nSPS) is 10.5. The van der Waals surface area contributed by atoms with E-state index in [0.717, 1.165) is 4.68 Å². The molecule has 0 atom stereocenters. The lowest BCUT2D eigenvalue weighted by atomic mass is 10.2. The van der Waals surface area contributed by atoms with E-state index in [0.29, 0.717) is 16.6 Å². The van der Waals surface area contributed by atoms with Crippen LogP contribution >= 0.6 is 0 Å². The van der Waals surface area contributed by atoms with Crippen molar-refractivity contribution in [1.82, 2.24) is 9.78 Å². The SMILES string of the molecule is NC(=O)n1n[c]c2ccc(N)cc21. The molecule has 4 N–H and O–H groups in total. The van der Waals surface area contributed by atoms with E-state index in [2.05, 4.69) is 11.3 Å². The molecule has 2 aromatic rings. The average Bonchev–Trinajstić information content (AvgIpc) is 2.46. The number of fused-ring (bicyclic) bond motifs is 1. The van der Waals surface area contributed by atoms with Crippen molar-refractivity contribution in [3.8, 4) is 0 Å². The third-order valence-corrected chi connectivity index (χ3v) is 1.73. The van der Waals surface area contributed by atoms with Crippen molar-refractivity contribution < 1.29 is 4.79 Å². The summed E-state index contributed by atoms with van der Waals surface area (Å²) in [7, 11) is 0. The second-order valence-corrected chi connectivity index (χ2v) is 2.64. The highest BCUT2D eigenvalue weighted by molar-refractivity contribution is 5.90. The predicted molar refractivity (Wildman–Crippen MR) is 48.0 cm³/mol. The van der Waals surface area contributed by atoms with Gasteiger partial charge in [-0.3, -0.25) is 0 Å². The van der Waals surface area contributed by atoms with Gasteiger partial charge in [-0.1, -0.05) is 0 Å². The summed E-state index contributed by atoms with van der Waals surface area (Å²) < 4.78 is 1.06. The fourth-order valence-corrected chi connectivity index (χ4v) is 1.14. The van der Waals surface area contributed by atoms with Crippen LogP contribution in [0.5, 0.6) is 0 Å². The molecule has 1 aromatic carbocycles. The third kappa shape index (κ3) is 1.10. The quantitative estimate of drug-likeness (QED) is 0.566. The molecule has 2 rings (SSSR count). The molecular weight excluding hydrogens is 168 g/mol. The number of anilines is 1. The van der Waals surface area contributed by atoms with Crippen LogP contribution in [0.25, 0.3) is 10.9 Å². The molecule has 65 valence electrons. The van der Waals surface area contributed by atoms with Gasteiger partial charge in [0, 0.05) is 11.1 Å². The van der Waals surface area contributed by atoms with E-state index in [1.807, 2.05) is 0 Å². The Labute approximate surface area is 73.9 Å². The number of primary amides is 1. The van der Waals surface area contributed by atoms with Crippen LogP contribution in [-0.4, -0.2) is 15.8 Å². The highest BCUT2D eigenvalue weighted by Crippen LogP contribution is 2.15. The van der Waals surface area contributed by atoms with Crippen LogP contribution in [0.3, 0.4) is 0 Å². The van der Waals surface area contributed by atoms with Crippen LogP contribution in [0.4, 0.5) is 10.5 Å². The average molecular weight is 175 g/mol. The fraction of sp³-hybridized carbons (Fsp3) is 0. The van der Waals surface area contributed by atoms with Gasteiger partial charge in [0.25, 0.3) is 0 Å². The number of nitrogens with zero attached hydrogens (tertiary/aromatic N) is 2. The van der Waals surface area contributed by atoms with E-state index in [1.54, 1.807) is 18.2 Å². The summed E-state index contributed by atoms with van der Waals surface area (Å²) in [6.45, 7) is 0. The molecule has 1 radical (unpaired) electrons. The van der Waals surface area contributed by atoms with Gasteiger partial charge >= 0.3 is 6.03 Å². The fourth-order valence-electron chi connectivity index (χ4n) is 1.14.